The van der Waals surface area contributed by atoms with Gasteiger partial charge in [0.2, 0.25) is 28.5 Å². The van der Waals surface area contributed by atoms with Crippen molar-refractivity contribution in [1.82, 2.24) is 0 Å². The summed E-state index contributed by atoms with van der Waals surface area (Å²) < 4.78 is 33.9. The van der Waals surface area contributed by atoms with Crippen molar-refractivity contribution < 1.29 is 26.9 Å². The molecule has 10 rings (SSSR count). The molecule has 0 saturated carbocycles. The maximum Gasteiger partial charge on any atom is 0.215 e. The molecule has 0 bridgehead atoms. The van der Waals surface area contributed by atoms with Gasteiger partial charge >= 0.3 is 0 Å². The zero-order valence-electron chi connectivity index (χ0n) is 59.2. The van der Waals surface area contributed by atoms with Gasteiger partial charge in [-0.25, -0.2) is 0 Å². The van der Waals surface area contributed by atoms with Crippen molar-refractivity contribution in [2.24, 2.45) is 35.2 Å². The molecule has 0 aliphatic heterocycles. The summed E-state index contributed by atoms with van der Waals surface area (Å²) in [6.07, 6.45) is 0. The smallest absolute Gasteiger partial charge is 0.199 e. The van der Waals surface area contributed by atoms with E-state index in [1.54, 1.807) is 10.6 Å². The van der Waals surface area contributed by atoms with E-state index >= 15 is 0 Å². The summed E-state index contributed by atoms with van der Waals surface area (Å²) in [6, 6.07) is 53.7. The lowest BCUT2D eigenvalue weighted by Crippen LogP contribution is -2.35. The molecule has 0 aliphatic carbocycles. The van der Waals surface area contributed by atoms with Crippen molar-refractivity contribution in [3.05, 3.63) is 264 Å². The highest BCUT2D eigenvalue weighted by Crippen LogP contribution is 2.30. The van der Waals surface area contributed by atoms with Gasteiger partial charge in [0, 0.05) is 115 Å². The summed E-state index contributed by atoms with van der Waals surface area (Å²) in [5.41, 5.74) is 37.6. The number of rotatable bonds is 5. The number of aryl methyl sites for hydroxylation is 18. The molecule has 5 heterocycles. The van der Waals surface area contributed by atoms with E-state index in [9.17, 15) is 0 Å². The van der Waals surface area contributed by atoms with Gasteiger partial charge in [0.1, 0.15) is 35.2 Å². The fourth-order valence-corrected chi connectivity index (χ4v) is 11.5. The number of hydrogen-bond donors (Lipinski definition) is 0. The average molecular weight is 1130 g/mol. The molecule has 85 heavy (non-hydrogen) atoms. The summed E-state index contributed by atoms with van der Waals surface area (Å²) in [6.45, 7) is 38.7. The van der Waals surface area contributed by atoms with Crippen LogP contribution in [0.3, 0.4) is 0 Å². The summed E-state index contributed by atoms with van der Waals surface area (Å²) in [7, 11) is 10.4. The van der Waals surface area contributed by atoms with Gasteiger partial charge in [0.15, 0.2) is 28.5 Å². The highest BCUT2D eigenvalue weighted by molar-refractivity contribution is 5.70. The topological polar surface area (TPSA) is 19.4 Å². The quantitative estimate of drug-likeness (QED) is 0.153. The van der Waals surface area contributed by atoms with Crippen LogP contribution in [0.1, 0.15) is 116 Å². The number of benzene rings is 5. The van der Waals surface area contributed by atoms with E-state index in [-0.39, 0.29) is 0 Å². The minimum atomic E-state index is -2.10. The fraction of sp³-hybridized carbons (Fsp3) is 0.312. The maximum absolute atomic E-state index is 7.68. The Balaban J connectivity index is 0.000000176. The number of hydrogen-bond acceptors (Lipinski definition) is 0. The monoisotopic (exact) mass is 1130 g/mol. The Kier molecular flexibility index (Phi) is 20.7. The molecule has 0 N–H and O–H groups in total. The van der Waals surface area contributed by atoms with Gasteiger partial charge in [0.25, 0.3) is 0 Å². The first-order valence-electron chi connectivity index (χ1n) is 31.5. The van der Waals surface area contributed by atoms with E-state index in [1.807, 2.05) is 32.2 Å². The Morgan fingerprint density at radius 3 is 0.941 bits per heavy atom. The third kappa shape index (κ3) is 15.6. The maximum atomic E-state index is 7.68. The number of nitrogens with zero attached hydrogens (tertiary/aromatic N) is 5. The molecule has 0 radical (unpaired) electrons. The van der Waals surface area contributed by atoms with E-state index in [0.29, 0.717) is 5.69 Å². The molecule has 10 aromatic rings. The van der Waals surface area contributed by atoms with Gasteiger partial charge in [-0.1, -0.05) is 78.4 Å². The van der Waals surface area contributed by atoms with E-state index in [4.69, 9.17) is 4.11 Å². The van der Waals surface area contributed by atoms with Crippen LogP contribution in [-0.2, 0) is 35.2 Å². The standard InChI is InChI=1S/5C16H20N/c1-11-6-7-15(13(3)8-11)16-10-12(2)9-14(4)17(16)5;2*1-11-9-13(3)17(5)16(10-11)15-8-6-7-12(2)14(15)4;2*1-11-7-6-8-12(2)15(11)16-13(3)9-10-14(4)17(16)5/h5*6-10H,1-5H3/q5*+1/i;3D3;;;. The van der Waals surface area contributed by atoms with Crippen LogP contribution in [0.2, 0.25) is 0 Å². The Morgan fingerprint density at radius 2 is 0.576 bits per heavy atom. The molecule has 0 atom stereocenters. The highest BCUT2D eigenvalue weighted by Gasteiger charge is 2.22. The van der Waals surface area contributed by atoms with E-state index < -0.39 is 6.85 Å². The van der Waals surface area contributed by atoms with Crippen molar-refractivity contribution in [3.63, 3.8) is 0 Å². The summed E-state index contributed by atoms with van der Waals surface area (Å²) in [4.78, 5) is 0. The predicted molar refractivity (Wildman–Crippen MR) is 360 cm³/mol. The molecule has 0 fully saturated rings. The molecule has 5 aromatic carbocycles. The first-order chi connectivity index (χ1) is 41.2. The van der Waals surface area contributed by atoms with Gasteiger partial charge in [-0.3, -0.25) is 0 Å². The second kappa shape index (κ2) is 28.6. The van der Waals surface area contributed by atoms with Crippen molar-refractivity contribution in [1.29, 1.82) is 0 Å². The molecule has 5 nitrogen and oxygen atoms in total. The molecule has 0 saturated heterocycles. The molecular weight excluding hydrogens is 1030 g/mol. The third-order valence-corrected chi connectivity index (χ3v) is 17.3. The summed E-state index contributed by atoms with van der Waals surface area (Å²) in [5, 5.41) is 0. The first kappa shape index (κ1) is 61.4. The second-order valence-electron chi connectivity index (χ2n) is 24.1. The molecule has 0 spiro atoms. The van der Waals surface area contributed by atoms with Gasteiger partial charge in [-0.15, -0.1) is 0 Å². The number of aromatic nitrogens is 5. The fourth-order valence-electron chi connectivity index (χ4n) is 11.5. The Bertz CT molecular complexity index is 4040. The summed E-state index contributed by atoms with van der Waals surface area (Å²) in [5.74, 6) is 0. The molecule has 440 valence electrons. The molecule has 5 heteroatoms. The molecule has 0 unspecified atom stereocenters. The molecular formula is C80H100N5+5. The van der Waals surface area contributed by atoms with Crippen molar-refractivity contribution in [3.8, 4) is 56.3 Å². The first-order valence-corrected chi connectivity index (χ1v) is 30.0. The van der Waals surface area contributed by atoms with Gasteiger partial charge in [-0.2, -0.15) is 22.8 Å². The minimum absolute atomic E-state index is 0.369. The van der Waals surface area contributed by atoms with Crippen LogP contribution < -0.4 is 22.8 Å². The Labute approximate surface area is 517 Å². The summed E-state index contributed by atoms with van der Waals surface area (Å²) >= 11 is 0. The highest BCUT2D eigenvalue weighted by atomic mass is 15.0. The van der Waals surface area contributed by atoms with Crippen LogP contribution in [0.15, 0.2) is 152 Å². The van der Waals surface area contributed by atoms with Gasteiger partial charge in [-0.05, 0) is 201 Å². The normalized spacial score (nSPS) is 11.3. The lowest BCUT2D eigenvalue weighted by atomic mass is 9.96. The molecule has 0 amide bonds. The van der Waals surface area contributed by atoms with Gasteiger partial charge < -0.3 is 0 Å². The van der Waals surface area contributed by atoms with E-state index in [2.05, 4.69) is 298 Å². The number of pyridine rings is 5. The third-order valence-electron chi connectivity index (χ3n) is 17.3. The van der Waals surface area contributed by atoms with Crippen LogP contribution in [0.5, 0.6) is 0 Å². The second-order valence-corrected chi connectivity index (χ2v) is 24.1. The van der Waals surface area contributed by atoms with E-state index in [0.717, 1.165) is 16.8 Å². The van der Waals surface area contributed by atoms with Crippen molar-refractivity contribution in [2.45, 2.75) is 138 Å². The lowest BCUT2D eigenvalue weighted by Gasteiger charge is -2.11. The predicted octanol–water partition coefficient (Wildman–Crippen LogP) is 17.1. The Morgan fingerprint density at radius 1 is 0.247 bits per heavy atom. The minimum Gasteiger partial charge on any atom is -0.199 e. The van der Waals surface area contributed by atoms with E-state index in [1.165, 1.54) is 146 Å². The largest absolute Gasteiger partial charge is 0.215 e. The van der Waals surface area contributed by atoms with Crippen molar-refractivity contribution in [2.75, 3.05) is 0 Å². The SMILES string of the molecule is Cc1cc(C)[n+](C)c(-c2cccc(C)c2C)c1.Cc1ccc(-c2cc(C)cc(C)[n+]2C)c(C)c1.Cc1cccc(C)c1-c1c(C)ccc(C)[n+]1C.Cc1cccc(C)c1-c1c(C)ccc(C)[n+]1C.[2H]C([2H])([2H])c1cc(C)cc(-c2cccc(C)c2C)[n+]1C. The molecule has 0 aliphatic rings. The Hall–Kier alpha value is -8.15. The zero-order valence-corrected chi connectivity index (χ0v) is 56.2. The van der Waals surface area contributed by atoms with Crippen molar-refractivity contribution >= 4 is 0 Å². The average Bonchev–Trinajstić information content (AvgIpc) is 2.44. The van der Waals surface area contributed by atoms with Crippen LogP contribution in [-0.4, -0.2) is 0 Å². The van der Waals surface area contributed by atoms with Crippen LogP contribution in [0, 0.1) is 138 Å². The molecule has 5 aromatic heterocycles. The van der Waals surface area contributed by atoms with Crippen LogP contribution in [0.25, 0.3) is 56.3 Å². The zero-order chi connectivity index (χ0) is 65.4. The lowest BCUT2D eigenvalue weighted by molar-refractivity contribution is -0.667. The van der Waals surface area contributed by atoms with Crippen LogP contribution >= 0.6 is 0 Å². The van der Waals surface area contributed by atoms with Gasteiger partial charge in [0.05, 0.1) is 11.1 Å². The van der Waals surface area contributed by atoms with Crippen LogP contribution in [0.4, 0.5) is 0 Å².